The van der Waals surface area contributed by atoms with E-state index in [1.165, 1.54) is 5.56 Å². The molecule has 0 aliphatic carbocycles. The van der Waals surface area contributed by atoms with Crippen molar-refractivity contribution in [1.82, 2.24) is 5.32 Å². The Morgan fingerprint density at radius 1 is 1.41 bits per heavy atom. The van der Waals surface area contributed by atoms with Gasteiger partial charge in [-0.2, -0.15) is 0 Å². The van der Waals surface area contributed by atoms with Gasteiger partial charge in [-0.25, -0.2) is 0 Å². The monoisotopic (exact) mass is 297 g/mol. The molecular formula is C14H20BrNO. The number of rotatable bonds is 5. The molecule has 0 spiro atoms. The molecule has 0 aliphatic rings. The fraction of sp³-hybridized carbons (Fsp3) is 0.500. The molecule has 0 saturated heterocycles. The highest BCUT2D eigenvalue weighted by Gasteiger charge is 2.11. The quantitative estimate of drug-likeness (QED) is 0.827. The summed E-state index contributed by atoms with van der Waals surface area (Å²) in [5, 5.41) is 4.01. The van der Waals surface area contributed by atoms with E-state index in [0.29, 0.717) is 0 Å². The van der Waals surface area contributed by atoms with Crippen LogP contribution in [0.2, 0.25) is 0 Å². The summed E-state index contributed by atoms with van der Waals surface area (Å²) in [7, 11) is 0. The van der Waals surface area contributed by atoms with Crippen LogP contribution in [-0.4, -0.2) is 17.3 Å². The van der Waals surface area contributed by atoms with Gasteiger partial charge in [-0.05, 0) is 45.2 Å². The average Bonchev–Trinajstić information content (AvgIpc) is 2.26. The number of alkyl halides is 1. The van der Waals surface area contributed by atoms with E-state index in [1.54, 1.807) is 0 Å². The van der Waals surface area contributed by atoms with Gasteiger partial charge < -0.3 is 5.32 Å². The van der Waals surface area contributed by atoms with Crippen LogP contribution in [0, 0.1) is 13.8 Å². The Labute approximate surface area is 112 Å². The van der Waals surface area contributed by atoms with Gasteiger partial charge in [-0.15, -0.1) is 0 Å². The number of amides is 1. The molecule has 0 radical (unpaired) electrons. The Balaban J connectivity index is 2.63. The van der Waals surface area contributed by atoms with Gasteiger partial charge in [-0.1, -0.05) is 33.6 Å². The smallest absolute Gasteiger partial charge is 0.251 e. The highest BCUT2D eigenvalue weighted by molar-refractivity contribution is 9.09. The molecular weight excluding hydrogens is 278 g/mol. The molecule has 0 fully saturated rings. The third-order valence-electron chi connectivity index (χ3n) is 2.77. The Morgan fingerprint density at radius 3 is 2.71 bits per heavy atom. The van der Waals surface area contributed by atoms with Crippen molar-refractivity contribution in [2.24, 2.45) is 0 Å². The number of aryl methyl sites for hydroxylation is 2. The van der Waals surface area contributed by atoms with Crippen LogP contribution in [0.5, 0.6) is 0 Å². The summed E-state index contributed by atoms with van der Waals surface area (Å²) >= 11 is 3.40. The predicted molar refractivity (Wildman–Crippen MR) is 75.9 cm³/mol. The van der Waals surface area contributed by atoms with Gasteiger partial charge in [0, 0.05) is 16.9 Å². The fourth-order valence-corrected chi connectivity index (χ4v) is 2.15. The van der Waals surface area contributed by atoms with Crippen LogP contribution in [0.15, 0.2) is 18.2 Å². The zero-order chi connectivity index (χ0) is 12.8. The number of nitrogens with one attached hydrogen (secondary N) is 1. The van der Waals surface area contributed by atoms with Gasteiger partial charge >= 0.3 is 0 Å². The lowest BCUT2D eigenvalue weighted by Crippen LogP contribution is -2.33. The highest BCUT2D eigenvalue weighted by atomic mass is 79.9. The maximum Gasteiger partial charge on any atom is 0.251 e. The van der Waals surface area contributed by atoms with Crippen molar-refractivity contribution < 1.29 is 4.79 Å². The van der Waals surface area contributed by atoms with E-state index in [4.69, 9.17) is 0 Å². The molecule has 0 aromatic heterocycles. The Morgan fingerprint density at radius 2 is 2.12 bits per heavy atom. The maximum absolute atomic E-state index is 12.0. The average molecular weight is 298 g/mol. The summed E-state index contributed by atoms with van der Waals surface area (Å²) in [5.74, 6) is 0.0320. The molecule has 0 saturated carbocycles. The van der Waals surface area contributed by atoms with Crippen LogP contribution in [0.4, 0.5) is 0 Å². The molecule has 94 valence electrons. The van der Waals surface area contributed by atoms with Crippen molar-refractivity contribution in [1.29, 1.82) is 0 Å². The number of halogens is 1. The van der Waals surface area contributed by atoms with E-state index in [0.717, 1.165) is 29.3 Å². The number of hydrogen-bond acceptors (Lipinski definition) is 1. The molecule has 1 rings (SSSR count). The second-order valence-corrected chi connectivity index (χ2v) is 5.32. The minimum Gasteiger partial charge on any atom is -0.350 e. The van der Waals surface area contributed by atoms with Crippen LogP contribution in [-0.2, 0) is 0 Å². The van der Waals surface area contributed by atoms with E-state index < -0.39 is 0 Å². The van der Waals surface area contributed by atoms with E-state index in [9.17, 15) is 4.79 Å². The zero-order valence-corrected chi connectivity index (χ0v) is 12.3. The van der Waals surface area contributed by atoms with Gasteiger partial charge in [0.25, 0.3) is 5.91 Å². The lowest BCUT2D eigenvalue weighted by molar-refractivity contribution is 0.0938. The van der Waals surface area contributed by atoms with Gasteiger partial charge in [0.2, 0.25) is 0 Å². The summed E-state index contributed by atoms with van der Waals surface area (Å²) in [6, 6.07) is 6.14. The third kappa shape index (κ3) is 4.50. The van der Waals surface area contributed by atoms with Crippen molar-refractivity contribution in [2.75, 3.05) is 5.33 Å². The zero-order valence-electron chi connectivity index (χ0n) is 10.7. The van der Waals surface area contributed by atoms with E-state index in [1.807, 2.05) is 39.0 Å². The minimum absolute atomic E-state index is 0.0320. The largest absolute Gasteiger partial charge is 0.350 e. The summed E-state index contributed by atoms with van der Waals surface area (Å²) in [5.41, 5.74) is 3.00. The molecule has 0 aliphatic heterocycles. The summed E-state index contributed by atoms with van der Waals surface area (Å²) in [6.45, 7) is 6.06. The van der Waals surface area contributed by atoms with Gasteiger partial charge in [0.15, 0.2) is 0 Å². The molecule has 1 aromatic carbocycles. The first kappa shape index (κ1) is 14.2. The first-order chi connectivity index (χ1) is 8.04. The van der Waals surface area contributed by atoms with E-state index in [-0.39, 0.29) is 11.9 Å². The van der Waals surface area contributed by atoms with Gasteiger partial charge in [0.05, 0.1) is 0 Å². The van der Waals surface area contributed by atoms with E-state index in [2.05, 4.69) is 21.2 Å². The second kappa shape index (κ2) is 6.80. The summed E-state index contributed by atoms with van der Waals surface area (Å²) in [6.07, 6.45) is 2.08. The number of carbonyl (C=O) groups excluding carboxylic acids is 1. The fourth-order valence-electron chi connectivity index (χ4n) is 1.83. The molecule has 0 heterocycles. The maximum atomic E-state index is 12.0. The van der Waals surface area contributed by atoms with Gasteiger partial charge in [-0.3, -0.25) is 4.79 Å². The van der Waals surface area contributed by atoms with Crippen molar-refractivity contribution in [3.63, 3.8) is 0 Å². The molecule has 3 heteroatoms. The lowest BCUT2D eigenvalue weighted by atomic mass is 10.0. The van der Waals surface area contributed by atoms with Crippen molar-refractivity contribution in [2.45, 2.75) is 39.7 Å². The number of hydrogen-bond donors (Lipinski definition) is 1. The minimum atomic E-state index is 0.0320. The Hall–Kier alpha value is -0.830. The normalized spacial score (nSPS) is 12.2. The third-order valence-corrected chi connectivity index (χ3v) is 3.34. The second-order valence-electron chi connectivity index (χ2n) is 4.52. The van der Waals surface area contributed by atoms with Crippen LogP contribution >= 0.6 is 15.9 Å². The van der Waals surface area contributed by atoms with Crippen LogP contribution < -0.4 is 5.32 Å². The Bertz CT molecular complexity index is 390. The summed E-state index contributed by atoms with van der Waals surface area (Å²) < 4.78 is 0. The first-order valence-electron chi connectivity index (χ1n) is 5.98. The SMILES string of the molecule is Cc1ccc(C(=O)NC(C)CCCBr)c(C)c1. The van der Waals surface area contributed by atoms with Crippen molar-refractivity contribution >= 4 is 21.8 Å². The topological polar surface area (TPSA) is 29.1 Å². The molecule has 0 bridgehead atoms. The van der Waals surface area contributed by atoms with Crippen LogP contribution in [0.1, 0.15) is 41.3 Å². The molecule has 1 amide bonds. The molecule has 1 unspecified atom stereocenters. The van der Waals surface area contributed by atoms with Gasteiger partial charge in [0.1, 0.15) is 0 Å². The highest BCUT2D eigenvalue weighted by Crippen LogP contribution is 2.11. The molecule has 1 atom stereocenters. The van der Waals surface area contributed by atoms with E-state index >= 15 is 0 Å². The van der Waals surface area contributed by atoms with Crippen molar-refractivity contribution in [3.05, 3.63) is 34.9 Å². The summed E-state index contributed by atoms with van der Waals surface area (Å²) in [4.78, 5) is 12.0. The first-order valence-corrected chi connectivity index (χ1v) is 7.11. The van der Waals surface area contributed by atoms with Crippen LogP contribution in [0.25, 0.3) is 0 Å². The Kier molecular flexibility index (Phi) is 5.69. The lowest BCUT2D eigenvalue weighted by Gasteiger charge is -2.14. The molecule has 1 N–H and O–H groups in total. The number of carbonyl (C=O) groups is 1. The van der Waals surface area contributed by atoms with Crippen LogP contribution in [0.3, 0.4) is 0 Å². The standard InChI is InChI=1S/C14H20BrNO/c1-10-6-7-13(11(2)9-10)14(17)16-12(3)5-4-8-15/h6-7,9,12H,4-5,8H2,1-3H3,(H,16,17). The predicted octanol–water partition coefficient (Wildman–Crippen LogP) is 3.60. The number of benzene rings is 1. The van der Waals surface area contributed by atoms with Crippen molar-refractivity contribution in [3.8, 4) is 0 Å². The molecule has 1 aromatic rings. The molecule has 17 heavy (non-hydrogen) atoms. The molecule has 2 nitrogen and oxygen atoms in total.